The molecule has 112 valence electrons. The Balaban J connectivity index is 0.00000200. The van der Waals surface area contributed by atoms with Crippen molar-refractivity contribution in [1.29, 1.82) is 0 Å². The molecule has 3 N–H and O–H groups in total. The SMILES string of the molecule is Cl.NC1(CNC(=O)c2ccc(Cl)c(F)c2)CCCCC1. The molecule has 1 fully saturated rings. The Kier molecular flexibility index (Phi) is 6.24. The van der Waals surface area contributed by atoms with Gasteiger partial charge in [-0.25, -0.2) is 4.39 Å². The number of carbonyl (C=O) groups is 1. The quantitative estimate of drug-likeness (QED) is 0.897. The van der Waals surface area contributed by atoms with E-state index in [2.05, 4.69) is 5.32 Å². The van der Waals surface area contributed by atoms with Crippen molar-refractivity contribution >= 4 is 29.9 Å². The molecule has 3 nitrogen and oxygen atoms in total. The van der Waals surface area contributed by atoms with Crippen molar-refractivity contribution in [3.05, 3.63) is 34.6 Å². The highest BCUT2D eigenvalue weighted by Crippen LogP contribution is 2.25. The van der Waals surface area contributed by atoms with Gasteiger partial charge in [0, 0.05) is 17.6 Å². The average Bonchev–Trinajstić information content (AvgIpc) is 2.40. The summed E-state index contributed by atoms with van der Waals surface area (Å²) in [6.07, 6.45) is 5.24. The lowest BCUT2D eigenvalue weighted by molar-refractivity contribution is 0.0937. The molecule has 1 aromatic carbocycles. The second-order valence-corrected chi connectivity index (χ2v) is 5.64. The maximum atomic E-state index is 13.3. The zero-order valence-corrected chi connectivity index (χ0v) is 12.7. The number of amides is 1. The van der Waals surface area contributed by atoms with Crippen LogP contribution in [-0.4, -0.2) is 18.0 Å². The fraction of sp³-hybridized carbons (Fsp3) is 0.500. The van der Waals surface area contributed by atoms with E-state index in [1.54, 1.807) is 0 Å². The van der Waals surface area contributed by atoms with Gasteiger partial charge in [-0.1, -0.05) is 30.9 Å². The minimum absolute atomic E-state index is 0. The van der Waals surface area contributed by atoms with E-state index in [-0.39, 0.29) is 34.4 Å². The van der Waals surface area contributed by atoms with Crippen LogP contribution in [0.5, 0.6) is 0 Å². The van der Waals surface area contributed by atoms with Gasteiger partial charge in [0.1, 0.15) is 5.82 Å². The van der Waals surface area contributed by atoms with Gasteiger partial charge in [0.2, 0.25) is 0 Å². The molecular formula is C14H19Cl2FN2O. The van der Waals surface area contributed by atoms with E-state index >= 15 is 0 Å². The monoisotopic (exact) mass is 320 g/mol. The average molecular weight is 321 g/mol. The van der Waals surface area contributed by atoms with Gasteiger partial charge < -0.3 is 11.1 Å². The fourth-order valence-electron chi connectivity index (χ4n) is 2.43. The molecule has 1 amide bonds. The van der Waals surface area contributed by atoms with Gasteiger partial charge in [-0.3, -0.25) is 4.79 Å². The lowest BCUT2D eigenvalue weighted by atomic mass is 9.82. The zero-order chi connectivity index (χ0) is 13.9. The van der Waals surface area contributed by atoms with Crippen molar-refractivity contribution in [3.8, 4) is 0 Å². The molecule has 0 aromatic heterocycles. The van der Waals surface area contributed by atoms with Crippen LogP contribution in [0.3, 0.4) is 0 Å². The largest absolute Gasteiger partial charge is 0.350 e. The first-order valence-electron chi connectivity index (χ1n) is 6.52. The van der Waals surface area contributed by atoms with Gasteiger partial charge in [-0.2, -0.15) is 0 Å². The Morgan fingerprint density at radius 3 is 2.60 bits per heavy atom. The van der Waals surface area contributed by atoms with Crippen molar-refractivity contribution < 1.29 is 9.18 Å². The molecule has 0 atom stereocenters. The molecule has 0 aliphatic heterocycles. The molecule has 6 heteroatoms. The highest BCUT2D eigenvalue weighted by atomic mass is 35.5. The van der Waals surface area contributed by atoms with Gasteiger partial charge in [-0.05, 0) is 31.0 Å². The van der Waals surface area contributed by atoms with E-state index in [0.29, 0.717) is 6.54 Å². The van der Waals surface area contributed by atoms with E-state index in [9.17, 15) is 9.18 Å². The Morgan fingerprint density at radius 2 is 2.00 bits per heavy atom. The van der Waals surface area contributed by atoms with Gasteiger partial charge in [0.05, 0.1) is 5.02 Å². The number of carbonyl (C=O) groups excluding carboxylic acids is 1. The van der Waals surface area contributed by atoms with Crippen LogP contribution < -0.4 is 11.1 Å². The highest BCUT2D eigenvalue weighted by molar-refractivity contribution is 6.30. The number of rotatable bonds is 3. The lowest BCUT2D eigenvalue weighted by Crippen LogP contribution is -2.51. The molecule has 0 bridgehead atoms. The number of hydrogen-bond acceptors (Lipinski definition) is 2. The first kappa shape index (κ1) is 17.2. The summed E-state index contributed by atoms with van der Waals surface area (Å²) in [5.41, 5.74) is 6.17. The molecule has 0 unspecified atom stereocenters. The van der Waals surface area contributed by atoms with E-state index in [4.69, 9.17) is 17.3 Å². The second-order valence-electron chi connectivity index (χ2n) is 5.23. The summed E-state index contributed by atoms with van der Waals surface area (Å²) in [6.45, 7) is 0.427. The summed E-state index contributed by atoms with van der Waals surface area (Å²) in [7, 11) is 0. The number of nitrogens with two attached hydrogens (primary N) is 1. The van der Waals surface area contributed by atoms with E-state index in [1.165, 1.54) is 18.6 Å². The van der Waals surface area contributed by atoms with Gasteiger partial charge in [-0.15, -0.1) is 12.4 Å². The van der Waals surface area contributed by atoms with Gasteiger partial charge in [0.25, 0.3) is 5.91 Å². The Labute approximate surface area is 129 Å². The summed E-state index contributed by atoms with van der Waals surface area (Å²) in [6, 6.07) is 4.02. The second kappa shape index (κ2) is 7.25. The summed E-state index contributed by atoms with van der Waals surface area (Å²) >= 11 is 5.58. The third kappa shape index (κ3) is 4.33. The molecule has 0 radical (unpaired) electrons. The zero-order valence-electron chi connectivity index (χ0n) is 11.1. The summed E-state index contributed by atoms with van der Waals surface area (Å²) < 4.78 is 13.3. The van der Waals surface area contributed by atoms with Crippen LogP contribution in [-0.2, 0) is 0 Å². The number of benzene rings is 1. The van der Waals surface area contributed by atoms with Crippen LogP contribution in [0.2, 0.25) is 5.02 Å². The van der Waals surface area contributed by atoms with Crippen molar-refractivity contribution in [2.24, 2.45) is 5.73 Å². The summed E-state index contributed by atoms with van der Waals surface area (Å²) in [5.74, 6) is -0.902. The Bertz CT molecular complexity index is 476. The van der Waals surface area contributed by atoms with E-state index in [1.807, 2.05) is 0 Å². The first-order chi connectivity index (χ1) is 9.00. The van der Waals surface area contributed by atoms with Crippen LogP contribution in [0, 0.1) is 5.82 Å². The third-order valence-corrected chi connectivity index (χ3v) is 3.94. The highest BCUT2D eigenvalue weighted by Gasteiger charge is 2.27. The number of halogens is 3. The minimum atomic E-state index is -0.588. The maximum Gasteiger partial charge on any atom is 0.251 e. The van der Waals surface area contributed by atoms with Crippen molar-refractivity contribution in [2.45, 2.75) is 37.6 Å². The van der Waals surface area contributed by atoms with Crippen molar-refractivity contribution in [2.75, 3.05) is 6.54 Å². The van der Waals surface area contributed by atoms with E-state index < -0.39 is 5.82 Å². The van der Waals surface area contributed by atoms with E-state index in [0.717, 1.165) is 31.7 Å². The molecule has 2 rings (SSSR count). The minimum Gasteiger partial charge on any atom is -0.350 e. The standard InChI is InChI=1S/C14H18ClFN2O.ClH/c15-11-5-4-10(8-12(11)16)13(19)18-9-14(17)6-2-1-3-7-14;/h4-5,8H,1-3,6-7,9,17H2,(H,18,19);1H. The van der Waals surface area contributed by atoms with Crippen LogP contribution in [0.4, 0.5) is 4.39 Å². The molecule has 0 saturated heterocycles. The fourth-order valence-corrected chi connectivity index (χ4v) is 2.55. The number of nitrogens with one attached hydrogen (secondary N) is 1. The molecule has 0 heterocycles. The molecule has 0 spiro atoms. The Morgan fingerprint density at radius 1 is 1.35 bits per heavy atom. The molecule has 1 aromatic rings. The topological polar surface area (TPSA) is 55.1 Å². The smallest absolute Gasteiger partial charge is 0.251 e. The van der Waals surface area contributed by atoms with Crippen LogP contribution in [0.25, 0.3) is 0 Å². The van der Waals surface area contributed by atoms with Crippen LogP contribution in [0.1, 0.15) is 42.5 Å². The summed E-state index contributed by atoms with van der Waals surface area (Å²) in [5, 5.41) is 2.80. The van der Waals surface area contributed by atoms with Gasteiger partial charge in [0.15, 0.2) is 0 Å². The lowest BCUT2D eigenvalue weighted by Gasteiger charge is -2.33. The maximum absolute atomic E-state index is 13.3. The predicted molar refractivity (Wildman–Crippen MR) is 81.0 cm³/mol. The van der Waals surface area contributed by atoms with Crippen LogP contribution in [0.15, 0.2) is 18.2 Å². The molecular weight excluding hydrogens is 302 g/mol. The Hall–Kier alpha value is -0.840. The molecule has 1 aliphatic carbocycles. The number of hydrogen-bond donors (Lipinski definition) is 2. The molecule has 1 aliphatic rings. The molecule has 20 heavy (non-hydrogen) atoms. The van der Waals surface area contributed by atoms with Gasteiger partial charge >= 0.3 is 0 Å². The molecule has 1 saturated carbocycles. The van der Waals surface area contributed by atoms with Crippen LogP contribution >= 0.6 is 24.0 Å². The predicted octanol–water partition coefficient (Wildman–Crippen LogP) is 3.29. The van der Waals surface area contributed by atoms with Crippen molar-refractivity contribution in [3.63, 3.8) is 0 Å². The third-order valence-electron chi connectivity index (χ3n) is 3.63. The summed E-state index contributed by atoms with van der Waals surface area (Å²) in [4.78, 5) is 11.9. The first-order valence-corrected chi connectivity index (χ1v) is 6.90. The van der Waals surface area contributed by atoms with Crippen molar-refractivity contribution in [1.82, 2.24) is 5.32 Å². The normalized spacial score (nSPS) is 17.1.